The number of aryl methyl sites for hydroxylation is 2. The van der Waals surface area contributed by atoms with Crippen molar-refractivity contribution in [3.05, 3.63) is 40.4 Å². The van der Waals surface area contributed by atoms with Crippen LogP contribution in [0.15, 0.2) is 23.4 Å². The molecule has 0 N–H and O–H groups in total. The van der Waals surface area contributed by atoms with Gasteiger partial charge in [-0.3, -0.25) is 4.79 Å². The number of esters is 1. The Morgan fingerprint density at radius 3 is 2.36 bits per heavy atom. The van der Waals surface area contributed by atoms with Crippen LogP contribution >= 0.6 is 0 Å². The van der Waals surface area contributed by atoms with Gasteiger partial charge in [-0.1, -0.05) is 0 Å². The molecule has 0 amide bonds. The van der Waals surface area contributed by atoms with Gasteiger partial charge in [-0.25, -0.2) is 13.1 Å². The number of methoxy groups -OCH3 is 1. The van der Waals surface area contributed by atoms with Crippen LogP contribution in [-0.4, -0.2) is 35.2 Å². The summed E-state index contributed by atoms with van der Waals surface area (Å²) in [6.07, 6.45) is 2.23. The van der Waals surface area contributed by atoms with Gasteiger partial charge >= 0.3 is 13.4 Å². The van der Waals surface area contributed by atoms with E-state index in [4.69, 9.17) is 4.74 Å². The highest BCUT2D eigenvalue weighted by molar-refractivity contribution is 6.35. The number of hydrogen-bond acceptors (Lipinski definition) is 2. The Hall–Kier alpha value is -2.18. The molecule has 0 atom stereocenters. The van der Waals surface area contributed by atoms with E-state index < -0.39 is 7.40 Å². The Morgan fingerprint density at radius 2 is 1.88 bits per heavy atom. The molecule has 0 saturated carbocycles. The van der Waals surface area contributed by atoms with Crippen LogP contribution in [0.3, 0.4) is 0 Å². The maximum atomic E-state index is 13.7. The van der Waals surface area contributed by atoms with Crippen molar-refractivity contribution < 1.29 is 22.6 Å². The molecule has 134 valence electrons. The molecule has 0 bridgehead atoms. The summed E-state index contributed by atoms with van der Waals surface area (Å²) in [6.45, 7) is 7.42. The molecule has 7 heteroatoms. The molecular weight excluding hydrogens is 325 g/mol. The molecule has 0 fully saturated rings. The van der Waals surface area contributed by atoms with Gasteiger partial charge in [0.25, 0.3) is 0 Å². The number of nitrogens with zero attached hydrogens (tertiary/aromatic N) is 2. The zero-order valence-corrected chi connectivity index (χ0v) is 15.6. The molecule has 1 aromatic heterocycles. The third-order valence-corrected chi connectivity index (χ3v) is 4.66. The number of rotatable bonds is 5. The van der Waals surface area contributed by atoms with Crippen LogP contribution in [0.1, 0.15) is 43.6 Å². The summed E-state index contributed by atoms with van der Waals surface area (Å²) < 4.78 is 35.2. The normalized spacial score (nSPS) is 16.2. The molecule has 0 saturated heterocycles. The van der Waals surface area contributed by atoms with E-state index in [0.29, 0.717) is 17.8 Å². The highest BCUT2D eigenvalue weighted by Crippen LogP contribution is 2.35. The molecule has 4 nitrogen and oxygen atoms in total. The second kappa shape index (κ2) is 7.37. The Bertz CT molecular complexity index is 804. The molecule has 1 aromatic rings. The van der Waals surface area contributed by atoms with Crippen LogP contribution in [0.4, 0.5) is 8.63 Å². The van der Waals surface area contributed by atoms with Gasteiger partial charge in [0.15, 0.2) is 11.4 Å². The fraction of sp³-hybridized carbons (Fsp3) is 0.444. The number of aromatic nitrogens is 1. The average Bonchev–Trinajstić information content (AvgIpc) is 2.96. The van der Waals surface area contributed by atoms with E-state index in [-0.39, 0.29) is 12.4 Å². The van der Waals surface area contributed by atoms with Crippen LogP contribution in [0.5, 0.6) is 0 Å². The van der Waals surface area contributed by atoms with Crippen LogP contribution < -0.4 is 0 Å². The lowest BCUT2D eigenvalue weighted by atomic mass is 9.96. The minimum Gasteiger partial charge on any atom is -0.469 e. The van der Waals surface area contributed by atoms with Crippen LogP contribution in [0.25, 0.3) is 5.57 Å². The molecule has 2 heterocycles. The molecule has 2 rings (SSSR count). The van der Waals surface area contributed by atoms with Crippen molar-refractivity contribution in [2.75, 3.05) is 7.11 Å². The highest BCUT2D eigenvalue weighted by Gasteiger charge is 2.44. The Balaban J connectivity index is 2.70. The average molecular weight is 349 g/mol. The molecule has 0 unspecified atom stereocenters. The summed E-state index contributed by atoms with van der Waals surface area (Å²) in [6, 6.07) is 2.02. The lowest BCUT2D eigenvalue weighted by Gasteiger charge is -2.14. The minimum atomic E-state index is -2.64. The predicted molar refractivity (Wildman–Crippen MR) is 95.7 cm³/mol. The second-order valence-corrected chi connectivity index (χ2v) is 6.40. The van der Waals surface area contributed by atoms with Gasteiger partial charge in [-0.15, -0.1) is 0 Å². The Morgan fingerprint density at radius 1 is 1.24 bits per heavy atom. The third-order valence-electron chi connectivity index (χ3n) is 4.66. The number of ether oxygens (including phenoxy) is 1. The van der Waals surface area contributed by atoms with E-state index in [1.54, 1.807) is 13.0 Å². The molecule has 0 aliphatic carbocycles. The van der Waals surface area contributed by atoms with Crippen molar-refractivity contribution in [1.29, 1.82) is 0 Å². The molecule has 0 radical (unpaired) electrons. The zero-order chi connectivity index (χ0) is 18.9. The van der Waals surface area contributed by atoms with Gasteiger partial charge < -0.3 is 9.30 Å². The molecule has 1 aliphatic heterocycles. The maximum Gasteiger partial charge on any atom is 0.934 e. The van der Waals surface area contributed by atoms with Crippen LogP contribution in [0.2, 0.25) is 0 Å². The summed E-state index contributed by atoms with van der Waals surface area (Å²) in [7, 11) is 0.601. The third kappa shape index (κ3) is 3.60. The first-order valence-corrected chi connectivity index (χ1v) is 8.21. The van der Waals surface area contributed by atoms with Crippen molar-refractivity contribution in [3.8, 4) is 0 Å². The van der Waals surface area contributed by atoms with E-state index in [0.717, 1.165) is 32.6 Å². The topological polar surface area (TPSA) is 34.2 Å². The van der Waals surface area contributed by atoms with Crippen LogP contribution in [-0.2, 0) is 16.6 Å². The maximum absolute atomic E-state index is 13.7. The number of hydrogen-bond donors (Lipinski definition) is 0. The van der Waals surface area contributed by atoms with Crippen molar-refractivity contribution in [2.24, 2.45) is 7.05 Å². The van der Waals surface area contributed by atoms with Gasteiger partial charge in [0.05, 0.1) is 12.8 Å². The highest BCUT2D eigenvalue weighted by atomic mass is 19.2. The predicted octanol–water partition coefficient (Wildman–Crippen LogP) is 3.66. The van der Waals surface area contributed by atoms with Crippen molar-refractivity contribution >= 4 is 24.7 Å². The van der Waals surface area contributed by atoms with E-state index in [1.165, 1.54) is 7.11 Å². The quantitative estimate of drug-likeness (QED) is 0.601. The van der Waals surface area contributed by atoms with E-state index >= 15 is 0 Å². The molecule has 1 aliphatic rings. The lowest BCUT2D eigenvalue weighted by molar-refractivity contribution is -0.343. The molecular formula is C18H24BF2N2O2+. The molecule has 0 aromatic carbocycles. The first kappa shape index (κ1) is 19.2. The van der Waals surface area contributed by atoms with Gasteiger partial charge in [-0.05, 0) is 38.8 Å². The first-order valence-electron chi connectivity index (χ1n) is 8.21. The summed E-state index contributed by atoms with van der Waals surface area (Å²) in [5, 5.41) is 0. The Kier molecular flexibility index (Phi) is 5.65. The number of carbonyl (C=O) groups is 1. The lowest BCUT2D eigenvalue weighted by Crippen LogP contribution is -2.25. The second-order valence-electron chi connectivity index (χ2n) is 6.40. The summed E-state index contributed by atoms with van der Waals surface area (Å²) in [5.41, 5.74) is 5.42. The van der Waals surface area contributed by atoms with E-state index in [1.807, 2.05) is 38.5 Å². The fourth-order valence-corrected chi connectivity index (χ4v) is 3.49. The number of carbonyl (C=O) groups excluding carboxylic acids is 1. The monoisotopic (exact) mass is 349 g/mol. The largest absolute Gasteiger partial charge is 0.934 e. The summed E-state index contributed by atoms with van der Waals surface area (Å²) in [4.78, 5) is 11.7. The number of allylic oxidation sites excluding steroid dienone is 3. The smallest absolute Gasteiger partial charge is 0.469 e. The van der Waals surface area contributed by atoms with Gasteiger partial charge in [0.2, 0.25) is 0 Å². The minimum absolute atomic E-state index is 0.141. The first-order chi connectivity index (χ1) is 11.7. The van der Waals surface area contributed by atoms with Crippen molar-refractivity contribution in [3.63, 3.8) is 0 Å². The SMILES string of the molecule is COC(=O)CC/C(=C1\C(C)=CC(C)=[N+]1B(F)F)c1c(C)cc(C)n1C. The Labute approximate surface area is 147 Å². The van der Waals surface area contributed by atoms with E-state index in [9.17, 15) is 13.4 Å². The van der Waals surface area contributed by atoms with Gasteiger partial charge in [0, 0.05) is 43.3 Å². The van der Waals surface area contributed by atoms with Crippen molar-refractivity contribution in [1.82, 2.24) is 4.57 Å². The molecule has 25 heavy (non-hydrogen) atoms. The van der Waals surface area contributed by atoms with Gasteiger partial charge in [0.1, 0.15) is 0 Å². The zero-order valence-electron chi connectivity index (χ0n) is 15.6. The van der Waals surface area contributed by atoms with Crippen molar-refractivity contribution in [2.45, 2.75) is 40.5 Å². The standard InChI is InChI=1S/C18H24BF2N2O2/c1-11-9-13(3)22(5)17(11)15(7-8-16(24)25-6)18-12(2)10-14(4)23(18)19(20)21/h9-10H,7-8H2,1-6H3/q+1. The summed E-state index contributed by atoms with van der Waals surface area (Å²) in [5.74, 6) is -0.356. The summed E-state index contributed by atoms with van der Waals surface area (Å²) >= 11 is 0. The van der Waals surface area contributed by atoms with Gasteiger partial charge in [-0.2, -0.15) is 0 Å². The van der Waals surface area contributed by atoms with Crippen LogP contribution in [0, 0.1) is 13.8 Å². The van der Waals surface area contributed by atoms with E-state index in [2.05, 4.69) is 0 Å². The number of halogens is 2. The molecule has 0 spiro atoms. The fourth-order valence-electron chi connectivity index (χ4n) is 3.49.